The van der Waals surface area contributed by atoms with Gasteiger partial charge in [-0.15, -0.1) is 0 Å². The molecule has 2 aromatic rings. The van der Waals surface area contributed by atoms with Crippen molar-refractivity contribution in [1.82, 2.24) is 15.1 Å². The van der Waals surface area contributed by atoms with E-state index >= 15 is 0 Å². The molecule has 0 unspecified atom stereocenters. The van der Waals surface area contributed by atoms with Gasteiger partial charge >= 0.3 is 6.09 Å². The van der Waals surface area contributed by atoms with Crippen LogP contribution in [0.15, 0.2) is 54.6 Å². The van der Waals surface area contributed by atoms with Crippen molar-refractivity contribution in [2.45, 2.75) is 43.9 Å². The predicted octanol–water partition coefficient (Wildman–Crippen LogP) is 4.53. The molecule has 2 aromatic carbocycles. The van der Waals surface area contributed by atoms with Gasteiger partial charge in [0.1, 0.15) is 11.6 Å². The maximum absolute atomic E-state index is 14.6. The van der Waals surface area contributed by atoms with E-state index < -0.39 is 29.9 Å². The van der Waals surface area contributed by atoms with Gasteiger partial charge in [-0.05, 0) is 75.2 Å². The quantitative estimate of drug-likeness (QED) is 0.640. The molecule has 8 heteroatoms. The third-order valence-corrected chi connectivity index (χ3v) is 7.30. The van der Waals surface area contributed by atoms with Gasteiger partial charge in [-0.3, -0.25) is 4.79 Å². The van der Waals surface area contributed by atoms with Crippen LogP contribution >= 0.6 is 0 Å². The number of nitrogens with zero attached hydrogens (tertiary/aromatic N) is 2. The first-order valence-electron chi connectivity index (χ1n) is 12.6. The van der Waals surface area contributed by atoms with Crippen molar-refractivity contribution in [3.8, 4) is 0 Å². The van der Waals surface area contributed by atoms with Crippen molar-refractivity contribution in [2.75, 3.05) is 26.7 Å². The summed E-state index contributed by atoms with van der Waals surface area (Å²) in [7, 11) is 2.05. The van der Waals surface area contributed by atoms with E-state index in [-0.39, 0.29) is 30.0 Å². The molecule has 1 N–H and O–H groups in total. The number of halogens is 2. The predicted molar refractivity (Wildman–Crippen MR) is 132 cm³/mol. The number of ether oxygens (including phenoxy) is 1. The number of rotatable bonds is 6. The molecule has 3 aliphatic rings. The summed E-state index contributed by atoms with van der Waals surface area (Å²) in [6.45, 7) is 1.89. The van der Waals surface area contributed by atoms with Gasteiger partial charge in [0.15, 0.2) is 6.10 Å². The third-order valence-electron chi connectivity index (χ3n) is 7.30. The summed E-state index contributed by atoms with van der Waals surface area (Å²) in [6, 6.07) is 12.3. The average molecular weight is 496 g/mol. The molecule has 6 nitrogen and oxygen atoms in total. The Kier molecular flexibility index (Phi) is 7.05. The Morgan fingerprint density at radius 3 is 2.44 bits per heavy atom. The maximum atomic E-state index is 14.6. The summed E-state index contributed by atoms with van der Waals surface area (Å²) < 4.78 is 34.3. The summed E-state index contributed by atoms with van der Waals surface area (Å²) in [5.74, 6) is -1.44. The van der Waals surface area contributed by atoms with Crippen LogP contribution in [0.5, 0.6) is 0 Å². The fourth-order valence-corrected chi connectivity index (χ4v) is 5.05. The Bertz CT molecular complexity index is 1140. The standard InChI is InChI=1S/C28H31F2N3O3/c1-32-13-11-22(12-14-32)31-28(35)36-26(19-7-8-19)27(34)33-17-20(23-16-21(29)9-10-24(23)30)15-25(33)18-5-3-2-4-6-18/h2-6,9-10,15-16,19,22,25-26H,7-8,11-14,17H2,1H3,(H,31,35)/t25-,26-/m0/s1. The Morgan fingerprint density at radius 2 is 1.75 bits per heavy atom. The van der Waals surface area contributed by atoms with Gasteiger partial charge in [-0.1, -0.05) is 36.4 Å². The highest BCUT2D eigenvalue weighted by molar-refractivity contribution is 5.88. The molecule has 1 saturated carbocycles. The van der Waals surface area contributed by atoms with Gasteiger partial charge in [0.25, 0.3) is 5.91 Å². The zero-order chi connectivity index (χ0) is 25.2. The molecule has 2 fully saturated rings. The number of hydrogen-bond donors (Lipinski definition) is 1. The summed E-state index contributed by atoms with van der Waals surface area (Å²) in [4.78, 5) is 30.4. The van der Waals surface area contributed by atoms with Crippen molar-refractivity contribution in [1.29, 1.82) is 0 Å². The third kappa shape index (κ3) is 5.43. The second-order valence-electron chi connectivity index (χ2n) is 10.0. The first kappa shape index (κ1) is 24.4. The normalized spacial score (nSPS) is 21.7. The van der Waals surface area contributed by atoms with E-state index in [1.807, 2.05) is 37.4 Å². The van der Waals surface area contributed by atoms with Crippen molar-refractivity contribution in [3.63, 3.8) is 0 Å². The smallest absolute Gasteiger partial charge is 0.408 e. The van der Waals surface area contributed by atoms with Crippen molar-refractivity contribution < 1.29 is 23.1 Å². The molecule has 2 atom stereocenters. The average Bonchev–Trinajstić information content (AvgIpc) is 3.63. The summed E-state index contributed by atoms with van der Waals surface area (Å²) in [5, 5.41) is 2.93. The summed E-state index contributed by atoms with van der Waals surface area (Å²) in [5.41, 5.74) is 1.51. The summed E-state index contributed by atoms with van der Waals surface area (Å²) >= 11 is 0. The number of carbonyl (C=O) groups is 2. The molecular formula is C28H31F2N3O3. The van der Waals surface area contributed by atoms with E-state index in [4.69, 9.17) is 4.74 Å². The van der Waals surface area contributed by atoms with E-state index in [0.717, 1.165) is 62.5 Å². The first-order chi connectivity index (χ1) is 17.4. The Balaban J connectivity index is 1.36. The monoisotopic (exact) mass is 495 g/mol. The van der Waals surface area contributed by atoms with Crippen LogP contribution in [-0.4, -0.2) is 60.6 Å². The molecule has 36 heavy (non-hydrogen) atoms. The second kappa shape index (κ2) is 10.4. The molecule has 0 radical (unpaired) electrons. The van der Waals surface area contributed by atoms with Crippen LogP contribution in [0.2, 0.25) is 0 Å². The molecule has 2 amide bonds. The van der Waals surface area contributed by atoms with Crippen LogP contribution in [0, 0.1) is 17.6 Å². The maximum Gasteiger partial charge on any atom is 0.408 e. The van der Waals surface area contributed by atoms with Crippen LogP contribution in [0.3, 0.4) is 0 Å². The molecule has 2 aliphatic heterocycles. The highest BCUT2D eigenvalue weighted by Crippen LogP contribution is 2.40. The van der Waals surface area contributed by atoms with Crippen molar-refractivity contribution >= 4 is 17.6 Å². The molecular weight excluding hydrogens is 464 g/mol. The van der Waals surface area contributed by atoms with Gasteiger partial charge in [0.2, 0.25) is 0 Å². The minimum absolute atomic E-state index is 0.0248. The lowest BCUT2D eigenvalue weighted by Gasteiger charge is -2.31. The lowest BCUT2D eigenvalue weighted by Crippen LogP contribution is -2.47. The molecule has 0 spiro atoms. The van der Waals surface area contributed by atoms with Gasteiger partial charge < -0.3 is 19.9 Å². The molecule has 2 heterocycles. The minimum Gasteiger partial charge on any atom is -0.436 e. The lowest BCUT2D eigenvalue weighted by atomic mass is 10.0. The molecule has 0 aromatic heterocycles. The molecule has 190 valence electrons. The zero-order valence-electron chi connectivity index (χ0n) is 20.3. The Morgan fingerprint density at radius 1 is 1.03 bits per heavy atom. The highest BCUT2D eigenvalue weighted by Gasteiger charge is 2.44. The van der Waals surface area contributed by atoms with Crippen molar-refractivity contribution in [3.05, 3.63) is 77.4 Å². The number of likely N-dealkylation sites (tertiary alicyclic amines) is 1. The van der Waals surface area contributed by atoms with Crippen molar-refractivity contribution in [2.24, 2.45) is 5.92 Å². The number of nitrogens with one attached hydrogen (secondary N) is 1. The van der Waals surface area contributed by atoms with Crippen LogP contribution in [0.1, 0.15) is 42.9 Å². The minimum atomic E-state index is -0.910. The number of carbonyl (C=O) groups excluding carboxylic acids is 2. The lowest BCUT2D eigenvalue weighted by molar-refractivity contribution is -0.142. The first-order valence-corrected chi connectivity index (χ1v) is 12.6. The summed E-state index contributed by atoms with van der Waals surface area (Å²) in [6.07, 6.45) is 3.60. The molecule has 1 aliphatic carbocycles. The van der Waals surface area contributed by atoms with Gasteiger partial charge in [-0.25, -0.2) is 13.6 Å². The number of amides is 2. The number of piperidine rings is 1. The zero-order valence-corrected chi connectivity index (χ0v) is 20.3. The van der Waals surface area contributed by atoms with E-state index in [1.165, 1.54) is 0 Å². The number of hydrogen-bond acceptors (Lipinski definition) is 4. The van der Waals surface area contributed by atoms with Crippen LogP contribution in [-0.2, 0) is 9.53 Å². The van der Waals surface area contributed by atoms with Gasteiger partial charge in [-0.2, -0.15) is 0 Å². The number of alkyl carbamates (subject to hydrolysis) is 1. The molecule has 0 bridgehead atoms. The van der Waals surface area contributed by atoms with E-state index in [9.17, 15) is 18.4 Å². The van der Waals surface area contributed by atoms with Gasteiger partial charge in [0, 0.05) is 24.1 Å². The highest BCUT2D eigenvalue weighted by atomic mass is 19.1. The second-order valence-corrected chi connectivity index (χ2v) is 10.0. The fraction of sp³-hybridized carbons (Fsp3) is 0.429. The van der Waals surface area contributed by atoms with Crippen LogP contribution in [0.4, 0.5) is 13.6 Å². The Labute approximate surface area is 209 Å². The molecule has 5 rings (SSSR count). The fourth-order valence-electron chi connectivity index (χ4n) is 5.05. The van der Waals surface area contributed by atoms with Crippen LogP contribution < -0.4 is 5.32 Å². The van der Waals surface area contributed by atoms with E-state index in [1.54, 1.807) is 11.0 Å². The van der Waals surface area contributed by atoms with E-state index in [0.29, 0.717) is 5.57 Å². The van der Waals surface area contributed by atoms with Crippen LogP contribution in [0.25, 0.3) is 5.57 Å². The SMILES string of the molecule is CN1CCC(NC(=O)O[C@H](C(=O)N2CC(c3cc(F)ccc3F)=C[C@H]2c2ccccc2)C2CC2)CC1. The number of benzene rings is 2. The molecule has 1 saturated heterocycles. The topological polar surface area (TPSA) is 61.9 Å². The Hall–Kier alpha value is -3.26. The van der Waals surface area contributed by atoms with E-state index in [2.05, 4.69) is 10.2 Å². The van der Waals surface area contributed by atoms with Gasteiger partial charge in [0.05, 0.1) is 6.04 Å². The largest absolute Gasteiger partial charge is 0.436 e.